The number of ether oxygens (including phenoxy) is 2. The number of esters is 1. The first-order valence-corrected chi connectivity index (χ1v) is 10.4. The van der Waals surface area contributed by atoms with E-state index < -0.39 is 0 Å². The fourth-order valence-electron chi connectivity index (χ4n) is 3.26. The van der Waals surface area contributed by atoms with Crippen LogP contribution in [-0.4, -0.2) is 28.5 Å². The fraction of sp³-hybridized carbons (Fsp3) is 0.167. The van der Waals surface area contributed by atoms with Crippen molar-refractivity contribution < 1.29 is 14.3 Å². The van der Waals surface area contributed by atoms with Crippen LogP contribution >= 0.6 is 11.6 Å². The molecule has 0 saturated carbocycles. The average Bonchev–Trinajstić information content (AvgIpc) is 3.16. The molecule has 2 aromatic heterocycles. The number of carbonyl (C=O) groups excluding carboxylic acids is 1. The van der Waals surface area contributed by atoms with Gasteiger partial charge < -0.3 is 14.8 Å². The quantitative estimate of drug-likeness (QED) is 0.385. The number of pyridine rings is 1. The predicted octanol–water partition coefficient (Wildman–Crippen LogP) is 5.21. The standard InChI is InChI=1S/C24H22ClN3O3/c1-2-30-21(29)15-26-24-22(18-10-6-11-19(25)14-18)27-23-20(12-7-13-28(23)24)31-16-17-8-4-3-5-9-17/h3-14,26H,2,15-16H2,1H3. The predicted molar refractivity (Wildman–Crippen MR) is 122 cm³/mol. The van der Waals surface area contributed by atoms with Gasteiger partial charge >= 0.3 is 5.97 Å². The molecule has 0 atom stereocenters. The van der Waals surface area contributed by atoms with E-state index in [4.69, 9.17) is 26.1 Å². The molecule has 0 fully saturated rings. The van der Waals surface area contributed by atoms with E-state index in [9.17, 15) is 4.79 Å². The van der Waals surface area contributed by atoms with Crippen molar-refractivity contribution in [2.75, 3.05) is 18.5 Å². The van der Waals surface area contributed by atoms with Crippen LogP contribution in [0.1, 0.15) is 12.5 Å². The summed E-state index contributed by atoms with van der Waals surface area (Å²) in [6, 6.07) is 21.1. The molecule has 0 amide bonds. The summed E-state index contributed by atoms with van der Waals surface area (Å²) in [7, 11) is 0. The topological polar surface area (TPSA) is 64.9 Å². The molecule has 0 bridgehead atoms. The van der Waals surface area contributed by atoms with Crippen molar-refractivity contribution >= 4 is 29.0 Å². The summed E-state index contributed by atoms with van der Waals surface area (Å²) in [5.74, 6) is 0.959. The van der Waals surface area contributed by atoms with Crippen molar-refractivity contribution in [3.05, 3.63) is 83.5 Å². The van der Waals surface area contributed by atoms with Crippen LogP contribution in [0.15, 0.2) is 72.9 Å². The van der Waals surface area contributed by atoms with E-state index in [-0.39, 0.29) is 12.5 Å². The highest BCUT2D eigenvalue weighted by molar-refractivity contribution is 6.30. The molecule has 6 nitrogen and oxygen atoms in total. The summed E-state index contributed by atoms with van der Waals surface area (Å²) in [4.78, 5) is 16.8. The average molecular weight is 436 g/mol. The van der Waals surface area contributed by atoms with Gasteiger partial charge in [-0.1, -0.05) is 54.1 Å². The van der Waals surface area contributed by atoms with Crippen molar-refractivity contribution in [1.29, 1.82) is 0 Å². The summed E-state index contributed by atoms with van der Waals surface area (Å²) in [6.07, 6.45) is 1.87. The molecule has 7 heteroatoms. The van der Waals surface area contributed by atoms with Crippen molar-refractivity contribution in [1.82, 2.24) is 9.38 Å². The molecule has 0 radical (unpaired) electrons. The van der Waals surface area contributed by atoms with Gasteiger partial charge in [0, 0.05) is 16.8 Å². The van der Waals surface area contributed by atoms with Gasteiger partial charge in [0.2, 0.25) is 0 Å². The summed E-state index contributed by atoms with van der Waals surface area (Å²) < 4.78 is 13.0. The maximum atomic E-state index is 11.9. The molecule has 0 aliphatic heterocycles. The number of carbonyl (C=O) groups is 1. The molecule has 31 heavy (non-hydrogen) atoms. The number of hydrogen-bond donors (Lipinski definition) is 1. The van der Waals surface area contributed by atoms with Crippen molar-refractivity contribution in [2.24, 2.45) is 0 Å². The Morgan fingerprint density at radius 1 is 1.10 bits per heavy atom. The second kappa shape index (κ2) is 9.53. The zero-order valence-corrected chi connectivity index (χ0v) is 17.8. The molecule has 4 rings (SSSR count). The maximum absolute atomic E-state index is 11.9. The van der Waals surface area contributed by atoms with Crippen molar-refractivity contribution in [2.45, 2.75) is 13.5 Å². The van der Waals surface area contributed by atoms with Gasteiger partial charge in [0.15, 0.2) is 11.4 Å². The maximum Gasteiger partial charge on any atom is 0.325 e. The number of fused-ring (bicyclic) bond motifs is 1. The van der Waals surface area contributed by atoms with Crippen LogP contribution in [0, 0.1) is 0 Å². The minimum Gasteiger partial charge on any atom is -0.485 e. The third kappa shape index (κ3) is 4.81. The van der Waals surface area contributed by atoms with Crippen LogP contribution in [0.2, 0.25) is 5.02 Å². The van der Waals surface area contributed by atoms with Gasteiger partial charge in [-0.2, -0.15) is 0 Å². The highest BCUT2D eigenvalue weighted by Crippen LogP contribution is 2.33. The number of nitrogens with one attached hydrogen (secondary N) is 1. The van der Waals surface area contributed by atoms with E-state index in [1.807, 2.05) is 71.3 Å². The summed E-state index contributed by atoms with van der Waals surface area (Å²) in [6.45, 7) is 2.54. The minimum absolute atomic E-state index is 0.0182. The van der Waals surface area contributed by atoms with E-state index >= 15 is 0 Å². The Bertz CT molecular complexity index is 1190. The van der Waals surface area contributed by atoms with E-state index in [1.165, 1.54) is 0 Å². The lowest BCUT2D eigenvalue weighted by Gasteiger charge is -2.10. The molecule has 0 saturated heterocycles. The monoisotopic (exact) mass is 435 g/mol. The molecule has 0 aliphatic rings. The molecule has 0 unspecified atom stereocenters. The Hall–Kier alpha value is -3.51. The Labute approximate surface area is 185 Å². The smallest absolute Gasteiger partial charge is 0.325 e. The number of rotatable bonds is 8. The summed E-state index contributed by atoms with van der Waals surface area (Å²) in [5.41, 5.74) is 3.20. The van der Waals surface area contributed by atoms with Crippen LogP contribution < -0.4 is 10.1 Å². The first-order chi connectivity index (χ1) is 15.2. The van der Waals surface area contributed by atoms with Crippen LogP contribution in [0.25, 0.3) is 16.9 Å². The fourth-order valence-corrected chi connectivity index (χ4v) is 3.45. The Morgan fingerprint density at radius 2 is 1.94 bits per heavy atom. The lowest BCUT2D eigenvalue weighted by atomic mass is 10.1. The van der Waals surface area contributed by atoms with Gasteiger partial charge in [-0.3, -0.25) is 9.20 Å². The van der Waals surface area contributed by atoms with Crippen molar-refractivity contribution in [3.63, 3.8) is 0 Å². The first kappa shape index (κ1) is 20.8. The van der Waals surface area contributed by atoms with E-state index in [2.05, 4.69) is 5.32 Å². The normalized spacial score (nSPS) is 10.8. The number of benzene rings is 2. The third-order valence-corrected chi connectivity index (χ3v) is 4.89. The molecule has 158 valence electrons. The largest absolute Gasteiger partial charge is 0.485 e. The number of nitrogens with zero attached hydrogens (tertiary/aromatic N) is 2. The van der Waals surface area contributed by atoms with Gasteiger partial charge in [0.25, 0.3) is 0 Å². The highest BCUT2D eigenvalue weighted by atomic mass is 35.5. The lowest BCUT2D eigenvalue weighted by molar-refractivity contribution is -0.140. The van der Waals surface area contributed by atoms with Gasteiger partial charge in [-0.25, -0.2) is 4.98 Å². The summed E-state index contributed by atoms with van der Waals surface area (Å²) in [5, 5.41) is 3.77. The van der Waals surface area contributed by atoms with Gasteiger partial charge in [0.1, 0.15) is 24.7 Å². The second-order valence-corrected chi connectivity index (χ2v) is 7.25. The summed E-state index contributed by atoms with van der Waals surface area (Å²) >= 11 is 6.21. The molecule has 1 N–H and O–H groups in total. The Kier molecular flexibility index (Phi) is 6.38. The van der Waals surface area contributed by atoms with E-state index in [0.717, 1.165) is 11.1 Å². The molecule has 2 heterocycles. The van der Waals surface area contributed by atoms with E-state index in [0.29, 0.717) is 41.1 Å². The molecule has 0 spiro atoms. The SMILES string of the molecule is CCOC(=O)CNc1c(-c2cccc(Cl)c2)nc2c(OCc3ccccc3)cccn12. The van der Waals surface area contributed by atoms with Gasteiger partial charge in [-0.15, -0.1) is 0 Å². The first-order valence-electron chi connectivity index (χ1n) is 9.99. The van der Waals surface area contributed by atoms with Crippen LogP contribution in [0.4, 0.5) is 5.82 Å². The minimum atomic E-state index is -0.342. The van der Waals surface area contributed by atoms with Crippen LogP contribution in [0.3, 0.4) is 0 Å². The number of anilines is 1. The zero-order chi connectivity index (χ0) is 21.6. The molecule has 2 aromatic carbocycles. The molecular formula is C24H22ClN3O3. The number of aromatic nitrogens is 2. The zero-order valence-electron chi connectivity index (χ0n) is 17.0. The second-order valence-electron chi connectivity index (χ2n) is 6.82. The Balaban J connectivity index is 1.73. The van der Waals surface area contributed by atoms with E-state index in [1.54, 1.807) is 13.0 Å². The number of hydrogen-bond acceptors (Lipinski definition) is 5. The Morgan fingerprint density at radius 3 is 2.71 bits per heavy atom. The number of imidazole rings is 1. The van der Waals surface area contributed by atoms with Crippen molar-refractivity contribution in [3.8, 4) is 17.0 Å². The van der Waals surface area contributed by atoms with Crippen LogP contribution in [-0.2, 0) is 16.1 Å². The van der Waals surface area contributed by atoms with Gasteiger partial charge in [0.05, 0.1) is 6.61 Å². The molecule has 0 aliphatic carbocycles. The highest BCUT2D eigenvalue weighted by Gasteiger charge is 2.18. The number of halogens is 1. The molecule has 4 aromatic rings. The third-order valence-electron chi connectivity index (χ3n) is 4.65. The van der Waals surface area contributed by atoms with Crippen LogP contribution in [0.5, 0.6) is 5.75 Å². The lowest BCUT2D eigenvalue weighted by Crippen LogP contribution is -2.17. The molecular weight excluding hydrogens is 414 g/mol. The van der Waals surface area contributed by atoms with Gasteiger partial charge in [-0.05, 0) is 36.8 Å².